The van der Waals surface area contributed by atoms with E-state index in [-0.39, 0.29) is 6.04 Å². The monoisotopic (exact) mass is 254 g/mol. The number of carboxylic acid groups (broad SMARTS) is 1. The third kappa shape index (κ3) is 6.79. The zero-order valence-corrected chi connectivity index (χ0v) is 11.0. The zero-order valence-electron chi connectivity index (χ0n) is 11.0. The average Bonchev–Trinajstić information content (AvgIpc) is 2.33. The van der Waals surface area contributed by atoms with E-state index in [0.29, 0.717) is 12.8 Å². The van der Waals surface area contributed by atoms with Gasteiger partial charge < -0.3 is 15.7 Å². The van der Waals surface area contributed by atoms with E-state index in [1.54, 1.807) is 0 Å². The first-order valence-corrected chi connectivity index (χ1v) is 6.31. The molecule has 102 valence electrons. The summed E-state index contributed by atoms with van der Waals surface area (Å²) >= 11 is 0. The molecule has 0 saturated heterocycles. The molecule has 0 aliphatic rings. The topological polar surface area (TPSA) is 78.4 Å². The van der Waals surface area contributed by atoms with Crippen LogP contribution in [0.2, 0.25) is 0 Å². The van der Waals surface area contributed by atoms with Crippen molar-refractivity contribution in [3.63, 3.8) is 0 Å². The number of unbranched alkanes of at least 4 members (excludes halogenated alkanes) is 1. The number of hydrogen-bond acceptors (Lipinski definition) is 2. The molecule has 0 saturated carbocycles. The van der Waals surface area contributed by atoms with E-state index in [4.69, 9.17) is 11.5 Å². The SMILES string of the molecule is C#CC(CCC)NC(=O)NC(CCCC)C(=O)O. The van der Waals surface area contributed by atoms with Crippen LogP contribution in [0.3, 0.4) is 0 Å². The Morgan fingerprint density at radius 2 is 1.89 bits per heavy atom. The number of urea groups is 1. The third-order valence-electron chi connectivity index (χ3n) is 2.53. The average molecular weight is 254 g/mol. The number of amides is 2. The molecule has 0 rings (SSSR count). The Bertz CT molecular complexity index is 310. The highest BCUT2D eigenvalue weighted by Gasteiger charge is 2.20. The number of aliphatic carboxylic acids is 1. The van der Waals surface area contributed by atoms with Gasteiger partial charge in [0.05, 0.1) is 6.04 Å². The summed E-state index contributed by atoms with van der Waals surface area (Å²) in [5.74, 6) is 1.44. The van der Waals surface area contributed by atoms with Crippen LogP contribution in [0, 0.1) is 12.3 Å². The molecular formula is C13H22N2O3. The molecule has 0 radical (unpaired) electrons. The van der Waals surface area contributed by atoms with Gasteiger partial charge in [-0.2, -0.15) is 0 Å². The maximum Gasteiger partial charge on any atom is 0.326 e. The first-order valence-electron chi connectivity index (χ1n) is 6.31. The van der Waals surface area contributed by atoms with Crippen molar-refractivity contribution in [1.29, 1.82) is 0 Å². The Hall–Kier alpha value is -1.70. The lowest BCUT2D eigenvalue weighted by atomic mass is 10.1. The van der Waals surface area contributed by atoms with Gasteiger partial charge in [-0.1, -0.05) is 39.0 Å². The maximum atomic E-state index is 11.6. The Morgan fingerprint density at radius 1 is 1.22 bits per heavy atom. The van der Waals surface area contributed by atoms with E-state index in [2.05, 4.69) is 16.6 Å². The van der Waals surface area contributed by atoms with E-state index in [9.17, 15) is 9.59 Å². The van der Waals surface area contributed by atoms with Crippen molar-refractivity contribution < 1.29 is 14.7 Å². The molecule has 2 amide bonds. The van der Waals surface area contributed by atoms with Crippen molar-refractivity contribution in [2.75, 3.05) is 0 Å². The van der Waals surface area contributed by atoms with Crippen molar-refractivity contribution in [2.24, 2.45) is 0 Å². The molecule has 0 spiro atoms. The van der Waals surface area contributed by atoms with Crippen LogP contribution in [0.5, 0.6) is 0 Å². The summed E-state index contributed by atoms with van der Waals surface area (Å²) in [6, 6.07) is -1.73. The van der Waals surface area contributed by atoms with Gasteiger partial charge >= 0.3 is 12.0 Å². The largest absolute Gasteiger partial charge is 0.480 e. The van der Waals surface area contributed by atoms with Crippen molar-refractivity contribution >= 4 is 12.0 Å². The molecule has 0 fully saturated rings. The summed E-state index contributed by atoms with van der Waals surface area (Å²) in [4.78, 5) is 22.5. The summed E-state index contributed by atoms with van der Waals surface area (Å²) in [5, 5.41) is 14.0. The first-order chi connectivity index (χ1) is 8.54. The van der Waals surface area contributed by atoms with Crippen LogP contribution in [0.1, 0.15) is 46.0 Å². The second-order valence-corrected chi connectivity index (χ2v) is 4.16. The van der Waals surface area contributed by atoms with E-state index >= 15 is 0 Å². The molecule has 0 bridgehead atoms. The standard InChI is InChI=1S/C13H22N2O3/c1-4-7-9-11(12(16)17)15-13(18)14-10(6-3)8-5-2/h3,10-11H,4-5,7-9H2,1-2H3,(H,16,17)(H2,14,15,18). The zero-order chi connectivity index (χ0) is 14.0. The Morgan fingerprint density at radius 3 is 2.33 bits per heavy atom. The first kappa shape index (κ1) is 16.3. The molecule has 0 aromatic rings. The fourth-order valence-electron chi connectivity index (χ4n) is 1.51. The highest BCUT2D eigenvalue weighted by Crippen LogP contribution is 2.01. The van der Waals surface area contributed by atoms with Crippen LogP contribution in [0.15, 0.2) is 0 Å². The molecule has 5 heteroatoms. The molecule has 5 nitrogen and oxygen atoms in total. The number of carbonyl (C=O) groups is 2. The number of carboxylic acids is 1. The highest BCUT2D eigenvalue weighted by atomic mass is 16.4. The minimum Gasteiger partial charge on any atom is -0.480 e. The Balaban J connectivity index is 4.24. The van der Waals surface area contributed by atoms with Crippen LogP contribution < -0.4 is 10.6 Å². The van der Waals surface area contributed by atoms with Crippen molar-refractivity contribution in [1.82, 2.24) is 10.6 Å². The molecule has 0 aromatic carbocycles. The van der Waals surface area contributed by atoms with E-state index < -0.39 is 18.0 Å². The molecule has 3 N–H and O–H groups in total. The molecule has 2 unspecified atom stereocenters. The minimum absolute atomic E-state index is 0.351. The lowest BCUT2D eigenvalue weighted by Gasteiger charge is -2.17. The fraction of sp³-hybridized carbons (Fsp3) is 0.692. The predicted octanol–water partition coefficient (Wildman–Crippen LogP) is 1.73. The van der Waals surface area contributed by atoms with Gasteiger partial charge in [-0.25, -0.2) is 9.59 Å². The van der Waals surface area contributed by atoms with E-state index in [0.717, 1.165) is 19.3 Å². The van der Waals surface area contributed by atoms with Crippen molar-refractivity contribution in [2.45, 2.75) is 58.0 Å². The lowest BCUT2D eigenvalue weighted by molar-refractivity contribution is -0.139. The van der Waals surface area contributed by atoms with Crippen LogP contribution in [-0.2, 0) is 4.79 Å². The molecule has 0 heterocycles. The quantitative estimate of drug-likeness (QED) is 0.577. The summed E-state index contributed by atoms with van der Waals surface area (Å²) in [7, 11) is 0. The van der Waals surface area contributed by atoms with Gasteiger partial charge in [-0.05, 0) is 12.8 Å². The molecule has 18 heavy (non-hydrogen) atoms. The third-order valence-corrected chi connectivity index (χ3v) is 2.53. The molecule has 2 atom stereocenters. The van der Waals surface area contributed by atoms with Gasteiger partial charge in [0.25, 0.3) is 0 Å². The lowest BCUT2D eigenvalue weighted by Crippen LogP contribution is -2.48. The van der Waals surface area contributed by atoms with Gasteiger partial charge in [0.15, 0.2) is 0 Å². The molecule has 0 aromatic heterocycles. The van der Waals surface area contributed by atoms with Crippen LogP contribution in [0.4, 0.5) is 4.79 Å². The Labute approximate surface area is 108 Å². The summed E-state index contributed by atoms with van der Waals surface area (Å²) in [6.07, 6.45) is 8.86. The second-order valence-electron chi connectivity index (χ2n) is 4.16. The summed E-state index contributed by atoms with van der Waals surface area (Å²) < 4.78 is 0. The van der Waals surface area contributed by atoms with Crippen LogP contribution in [-0.4, -0.2) is 29.2 Å². The highest BCUT2D eigenvalue weighted by molar-refractivity contribution is 5.82. The van der Waals surface area contributed by atoms with Crippen molar-refractivity contribution in [3.8, 4) is 12.3 Å². The second kappa shape index (κ2) is 9.34. The number of carbonyl (C=O) groups excluding carboxylic acids is 1. The minimum atomic E-state index is -1.02. The van der Waals surface area contributed by atoms with Crippen LogP contribution in [0.25, 0.3) is 0 Å². The Kier molecular flexibility index (Phi) is 8.46. The van der Waals surface area contributed by atoms with Gasteiger partial charge in [-0.15, -0.1) is 6.42 Å². The number of hydrogen-bond donors (Lipinski definition) is 3. The van der Waals surface area contributed by atoms with Crippen LogP contribution >= 0.6 is 0 Å². The van der Waals surface area contributed by atoms with Gasteiger partial charge in [-0.3, -0.25) is 0 Å². The number of terminal acetylenes is 1. The van der Waals surface area contributed by atoms with E-state index in [1.165, 1.54) is 0 Å². The number of nitrogens with one attached hydrogen (secondary N) is 2. The smallest absolute Gasteiger partial charge is 0.326 e. The van der Waals surface area contributed by atoms with Crippen molar-refractivity contribution in [3.05, 3.63) is 0 Å². The van der Waals surface area contributed by atoms with Gasteiger partial charge in [0, 0.05) is 0 Å². The molecule has 0 aliphatic carbocycles. The number of rotatable bonds is 8. The molecular weight excluding hydrogens is 232 g/mol. The molecule has 0 aliphatic heterocycles. The normalized spacial score (nSPS) is 13.2. The fourth-order valence-corrected chi connectivity index (χ4v) is 1.51. The van der Waals surface area contributed by atoms with Gasteiger partial charge in [0.1, 0.15) is 6.04 Å². The maximum absolute atomic E-state index is 11.6. The summed E-state index contributed by atoms with van der Waals surface area (Å²) in [5.41, 5.74) is 0. The van der Waals surface area contributed by atoms with E-state index in [1.807, 2.05) is 13.8 Å². The van der Waals surface area contributed by atoms with Gasteiger partial charge in [0.2, 0.25) is 0 Å². The predicted molar refractivity (Wildman–Crippen MR) is 70.1 cm³/mol. The summed E-state index contributed by atoms with van der Waals surface area (Å²) in [6.45, 7) is 3.93.